The van der Waals surface area contributed by atoms with Crippen molar-refractivity contribution in [1.29, 1.82) is 0 Å². The third-order valence-corrected chi connectivity index (χ3v) is 1.97. The van der Waals surface area contributed by atoms with E-state index in [1.54, 1.807) is 13.2 Å². The van der Waals surface area contributed by atoms with Gasteiger partial charge in [0.15, 0.2) is 0 Å². The molecule has 0 aliphatic heterocycles. The van der Waals surface area contributed by atoms with Gasteiger partial charge in [0.2, 0.25) is 0 Å². The van der Waals surface area contributed by atoms with E-state index < -0.39 is 0 Å². The fourth-order valence-electron chi connectivity index (χ4n) is 1.16. The van der Waals surface area contributed by atoms with E-state index in [1.807, 2.05) is 13.0 Å². The van der Waals surface area contributed by atoms with Crippen LogP contribution in [0.3, 0.4) is 0 Å². The van der Waals surface area contributed by atoms with Crippen molar-refractivity contribution in [2.24, 2.45) is 11.1 Å². The molecule has 80 valence electrons. The molecule has 2 N–H and O–H groups in total. The van der Waals surface area contributed by atoms with Crippen LogP contribution >= 0.6 is 0 Å². The topological polar surface area (TPSA) is 35.2 Å². The molecule has 0 unspecified atom stereocenters. The van der Waals surface area contributed by atoms with Gasteiger partial charge in [-0.05, 0) is 36.3 Å². The van der Waals surface area contributed by atoms with E-state index in [2.05, 4.69) is 26.8 Å². The third-order valence-electron chi connectivity index (χ3n) is 1.97. The van der Waals surface area contributed by atoms with Gasteiger partial charge in [-0.15, -0.1) is 0 Å². The Morgan fingerprint density at radius 3 is 2.14 bits per heavy atom. The van der Waals surface area contributed by atoms with E-state index in [-0.39, 0.29) is 5.41 Å². The number of methoxy groups -OCH3 is 1. The SMILES string of the molecule is C\C=C(/C=C(\C=C/N)OC)C(C)(C)C. The lowest BCUT2D eigenvalue weighted by atomic mass is 9.86. The Hall–Kier alpha value is -1.18. The first-order valence-corrected chi connectivity index (χ1v) is 4.76. The molecule has 2 nitrogen and oxygen atoms in total. The molecule has 0 spiro atoms. The first kappa shape index (κ1) is 12.8. The fraction of sp³-hybridized carbons (Fsp3) is 0.500. The maximum Gasteiger partial charge on any atom is 0.120 e. The van der Waals surface area contributed by atoms with Crippen LogP contribution in [0.4, 0.5) is 0 Å². The molecule has 0 heterocycles. The molecule has 0 aromatic rings. The van der Waals surface area contributed by atoms with Crippen LogP contribution in [0.2, 0.25) is 0 Å². The number of rotatable bonds is 3. The van der Waals surface area contributed by atoms with Crippen LogP contribution in [0.5, 0.6) is 0 Å². The Bertz CT molecular complexity index is 254. The van der Waals surface area contributed by atoms with Crippen molar-refractivity contribution in [3.8, 4) is 0 Å². The van der Waals surface area contributed by atoms with Crippen molar-refractivity contribution in [2.45, 2.75) is 27.7 Å². The summed E-state index contributed by atoms with van der Waals surface area (Å²) < 4.78 is 5.17. The summed E-state index contributed by atoms with van der Waals surface area (Å²) in [6, 6.07) is 0. The summed E-state index contributed by atoms with van der Waals surface area (Å²) in [5.41, 5.74) is 6.67. The second-order valence-corrected chi connectivity index (χ2v) is 4.10. The smallest absolute Gasteiger partial charge is 0.120 e. The van der Waals surface area contributed by atoms with Crippen LogP contribution < -0.4 is 5.73 Å². The van der Waals surface area contributed by atoms with Crippen molar-refractivity contribution < 1.29 is 4.74 Å². The molecule has 0 bridgehead atoms. The highest BCUT2D eigenvalue weighted by molar-refractivity contribution is 5.29. The number of nitrogens with two attached hydrogens (primary N) is 1. The molecule has 0 aliphatic rings. The second kappa shape index (κ2) is 5.53. The molecule has 0 saturated heterocycles. The molecule has 0 atom stereocenters. The molecule has 0 radical (unpaired) electrons. The van der Waals surface area contributed by atoms with Gasteiger partial charge in [-0.25, -0.2) is 0 Å². The molecule has 0 aliphatic carbocycles. The highest BCUT2D eigenvalue weighted by Crippen LogP contribution is 2.27. The quantitative estimate of drug-likeness (QED) is 0.555. The largest absolute Gasteiger partial charge is 0.497 e. The van der Waals surface area contributed by atoms with E-state index >= 15 is 0 Å². The van der Waals surface area contributed by atoms with Crippen molar-refractivity contribution in [2.75, 3.05) is 7.11 Å². The maximum atomic E-state index is 5.31. The molecule has 0 saturated carbocycles. The zero-order chi connectivity index (χ0) is 11.2. The summed E-state index contributed by atoms with van der Waals surface area (Å²) in [7, 11) is 1.64. The van der Waals surface area contributed by atoms with E-state index in [0.717, 1.165) is 5.76 Å². The van der Waals surface area contributed by atoms with Crippen molar-refractivity contribution in [3.63, 3.8) is 0 Å². The molecular formula is C12H21NO. The van der Waals surface area contributed by atoms with Gasteiger partial charge in [0.25, 0.3) is 0 Å². The van der Waals surface area contributed by atoms with Gasteiger partial charge in [0.1, 0.15) is 5.76 Å². The first-order valence-electron chi connectivity index (χ1n) is 4.76. The third kappa shape index (κ3) is 4.17. The molecule has 0 aromatic heterocycles. The average molecular weight is 195 g/mol. The Balaban J connectivity index is 4.91. The Kier molecular flexibility index (Phi) is 5.06. The van der Waals surface area contributed by atoms with Gasteiger partial charge < -0.3 is 10.5 Å². The lowest BCUT2D eigenvalue weighted by Crippen LogP contribution is -2.08. The highest BCUT2D eigenvalue weighted by atomic mass is 16.5. The molecular weight excluding hydrogens is 174 g/mol. The fourth-order valence-corrected chi connectivity index (χ4v) is 1.16. The zero-order valence-electron chi connectivity index (χ0n) is 9.79. The number of allylic oxidation sites excluding steroid dienone is 4. The van der Waals surface area contributed by atoms with Crippen molar-refractivity contribution >= 4 is 0 Å². The number of hydrogen-bond acceptors (Lipinski definition) is 2. The second-order valence-electron chi connectivity index (χ2n) is 4.10. The standard InChI is InChI=1S/C12H21NO/c1-6-10(12(2,3)4)9-11(14-5)7-8-13/h6-9H,13H2,1-5H3/b8-7-,10-6+,11-9+. The van der Waals surface area contributed by atoms with Crippen LogP contribution in [-0.2, 0) is 4.74 Å². The predicted octanol–water partition coefficient (Wildman–Crippen LogP) is 2.98. The monoisotopic (exact) mass is 195 g/mol. The zero-order valence-corrected chi connectivity index (χ0v) is 9.79. The molecule has 14 heavy (non-hydrogen) atoms. The molecule has 0 amide bonds. The summed E-state index contributed by atoms with van der Waals surface area (Å²) in [4.78, 5) is 0. The molecule has 0 aromatic carbocycles. The van der Waals surface area contributed by atoms with Crippen LogP contribution in [0.15, 0.2) is 35.8 Å². The molecule has 2 heteroatoms. The van der Waals surface area contributed by atoms with Gasteiger partial charge in [-0.3, -0.25) is 0 Å². The summed E-state index contributed by atoms with van der Waals surface area (Å²) >= 11 is 0. The summed E-state index contributed by atoms with van der Waals surface area (Å²) in [6.45, 7) is 8.52. The Labute approximate surface area is 87.1 Å². The minimum absolute atomic E-state index is 0.126. The Morgan fingerprint density at radius 2 is 1.86 bits per heavy atom. The predicted molar refractivity (Wildman–Crippen MR) is 61.6 cm³/mol. The molecule has 0 fully saturated rings. The first-order chi connectivity index (χ1) is 6.45. The van der Waals surface area contributed by atoms with Gasteiger partial charge in [0, 0.05) is 0 Å². The lowest BCUT2D eigenvalue weighted by Gasteiger charge is -2.20. The van der Waals surface area contributed by atoms with Crippen LogP contribution in [0.25, 0.3) is 0 Å². The Morgan fingerprint density at radius 1 is 1.29 bits per heavy atom. The minimum atomic E-state index is 0.126. The van der Waals surface area contributed by atoms with Gasteiger partial charge >= 0.3 is 0 Å². The minimum Gasteiger partial charge on any atom is -0.497 e. The van der Waals surface area contributed by atoms with E-state index in [9.17, 15) is 0 Å². The highest BCUT2D eigenvalue weighted by Gasteiger charge is 2.14. The average Bonchev–Trinajstić information content (AvgIpc) is 2.10. The van der Waals surface area contributed by atoms with Crippen molar-refractivity contribution in [1.82, 2.24) is 0 Å². The normalized spacial score (nSPS) is 14.9. The van der Waals surface area contributed by atoms with Crippen LogP contribution in [0, 0.1) is 5.41 Å². The maximum absolute atomic E-state index is 5.31. The van der Waals surface area contributed by atoms with E-state index in [4.69, 9.17) is 10.5 Å². The van der Waals surface area contributed by atoms with Gasteiger partial charge in [-0.1, -0.05) is 26.8 Å². The van der Waals surface area contributed by atoms with Crippen LogP contribution in [0.1, 0.15) is 27.7 Å². The van der Waals surface area contributed by atoms with E-state index in [1.165, 1.54) is 11.8 Å². The summed E-state index contributed by atoms with van der Waals surface area (Å²) in [6.07, 6.45) is 7.31. The van der Waals surface area contributed by atoms with Crippen LogP contribution in [-0.4, -0.2) is 7.11 Å². The summed E-state index contributed by atoms with van der Waals surface area (Å²) in [5, 5.41) is 0. The summed E-state index contributed by atoms with van der Waals surface area (Å²) in [5.74, 6) is 0.774. The lowest BCUT2D eigenvalue weighted by molar-refractivity contribution is 0.305. The molecule has 0 rings (SSSR count). The van der Waals surface area contributed by atoms with E-state index in [0.29, 0.717) is 0 Å². The van der Waals surface area contributed by atoms with Gasteiger partial charge in [-0.2, -0.15) is 0 Å². The number of hydrogen-bond donors (Lipinski definition) is 1. The van der Waals surface area contributed by atoms with Crippen molar-refractivity contribution in [3.05, 3.63) is 35.8 Å². The number of ether oxygens (including phenoxy) is 1. The van der Waals surface area contributed by atoms with Gasteiger partial charge in [0.05, 0.1) is 7.11 Å².